The monoisotopic (exact) mass is 500 g/mol. The van der Waals surface area contributed by atoms with E-state index in [2.05, 4.69) is 10.2 Å². The van der Waals surface area contributed by atoms with Gasteiger partial charge in [-0.3, -0.25) is 10.0 Å². The molecule has 2 aromatic rings. The number of nitrogens with zero attached hydrogens (tertiary/aromatic N) is 4. The summed E-state index contributed by atoms with van der Waals surface area (Å²) in [5, 5.41) is 13.8. The minimum absolute atomic E-state index is 0.150. The van der Waals surface area contributed by atoms with Crippen molar-refractivity contribution in [3.05, 3.63) is 58.6 Å². The summed E-state index contributed by atoms with van der Waals surface area (Å²) >= 11 is 12.0. The Morgan fingerprint density at radius 3 is 1.44 bits per heavy atom. The van der Waals surface area contributed by atoms with Crippen molar-refractivity contribution < 1.29 is 19.1 Å². The Morgan fingerprint density at radius 2 is 1.06 bits per heavy atom. The number of rotatable bonds is 2. The summed E-state index contributed by atoms with van der Waals surface area (Å²) < 4.78 is 11.1. The van der Waals surface area contributed by atoms with Crippen LogP contribution in [0.3, 0.4) is 0 Å². The summed E-state index contributed by atoms with van der Waals surface area (Å²) in [6.07, 6.45) is 1.79. The van der Waals surface area contributed by atoms with Gasteiger partial charge in [0, 0.05) is 35.7 Å². The number of fused-ring (bicyclic) bond motifs is 4. The maximum atomic E-state index is 12.8. The Balaban J connectivity index is 1.37. The molecular formula is C24H22Cl2N4O4. The van der Waals surface area contributed by atoms with Crippen LogP contribution < -0.4 is 10.0 Å². The SMILES string of the molecule is O=C1OCCC2CC(=NN2c2ccc(Cl)cc2)C(=O)OCCC2CC1=NN2c1ccc(Cl)cc1. The Kier molecular flexibility index (Phi) is 6.43. The molecule has 0 saturated carbocycles. The van der Waals surface area contributed by atoms with Crippen molar-refractivity contribution in [2.24, 2.45) is 10.2 Å². The number of halogens is 2. The number of cyclic esters (lactones) is 2. The molecule has 176 valence electrons. The topological polar surface area (TPSA) is 83.8 Å². The van der Waals surface area contributed by atoms with E-state index < -0.39 is 11.9 Å². The number of hydrogen-bond acceptors (Lipinski definition) is 8. The summed E-state index contributed by atoms with van der Waals surface area (Å²) in [7, 11) is 0. The first-order chi connectivity index (χ1) is 16.5. The van der Waals surface area contributed by atoms with Crippen molar-refractivity contribution in [3.63, 3.8) is 0 Å². The second kappa shape index (κ2) is 9.64. The van der Waals surface area contributed by atoms with Crippen LogP contribution >= 0.6 is 23.2 Å². The lowest BCUT2D eigenvalue weighted by Gasteiger charge is -2.23. The first-order valence-corrected chi connectivity index (χ1v) is 11.8. The highest BCUT2D eigenvalue weighted by molar-refractivity contribution is 6.38. The molecule has 10 heteroatoms. The molecule has 3 aliphatic rings. The predicted molar refractivity (Wildman–Crippen MR) is 131 cm³/mol. The fraction of sp³-hybridized carbons (Fsp3) is 0.333. The number of benzene rings is 2. The lowest BCUT2D eigenvalue weighted by molar-refractivity contribution is -0.137. The molecule has 34 heavy (non-hydrogen) atoms. The minimum atomic E-state index is -0.437. The van der Waals surface area contributed by atoms with Crippen molar-refractivity contribution >= 4 is 57.9 Å². The van der Waals surface area contributed by atoms with Gasteiger partial charge in [0.1, 0.15) is 11.4 Å². The third-order valence-corrected chi connectivity index (χ3v) is 6.53. The molecule has 0 aromatic heterocycles. The summed E-state index contributed by atoms with van der Waals surface area (Å²) in [6.45, 7) is 0.353. The Bertz CT molecular complexity index is 1060. The lowest BCUT2D eigenvalue weighted by Crippen LogP contribution is -2.30. The molecule has 0 amide bonds. The zero-order valence-corrected chi connectivity index (χ0v) is 19.7. The van der Waals surface area contributed by atoms with Crippen LogP contribution in [0.1, 0.15) is 25.7 Å². The molecule has 2 aromatic carbocycles. The van der Waals surface area contributed by atoms with Gasteiger partial charge in [0.15, 0.2) is 0 Å². The van der Waals surface area contributed by atoms with E-state index in [1.54, 1.807) is 34.3 Å². The number of esters is 2. The van der Waals surface area contributed by atoms with Gasteiger partial charge in [-0.1, -0.05) is 23.2 Å². The third kappa shape index (κ3) is 4.74. The number of carbonyl (C=O) groups is 2. The number of hydrogen-bond donors (Lipinski definition) is 0. The highest BCUT2D eigenvalue weighted by Crippen LogP contribution is 2.30. The van der Waals surface area contributed by atoms with Gasteiger partial charge < -0.3 is 9.47 Å². The molecule has 5 rings (SSSR count). The van der Waals surface area contributed by atoms with Crippen LogP contribution in [0.15, 0.2) is 58.7 Å². The van der Waals surface area contributed by atoms with E-state index in [-0.39, 0.29) is 25.3 Å². The zero-order chi connectivity index (χ0) is 23.7. The Morgan fingerprint density at radius 1 is 0.676 bits per heavy atom. The first kappa shape index (κ1) is 22.7. The van der Waals surface area contributed by atoms with E-state index in [1.165, 1.54) is 0 Å². The number of anilines is 2. The molecule has 0 N–H and O–H groups in total. The lowest BCUT2D eigenvalue weighted by atomic mass is 10.1. The van der Waals surface area contributed by atoms with Gasteiger partial charge in [-0.15, -0.1) is 0 Å². The van der Waals surface area contributed by atoms with Crippen LogP contribution in [0.4, 0.5) is 11.4 Å². The van der Waals surface area contributed by atoms with Gasteiger partial charge in [0.05, 0.1) is 36.7 Å². The van der Waals surface area contributed by atoms with Gasteiger partial charge in [-0.2, -0.15) is 10.2 Å². The number of carbonyl (C=O) groups excluding carboxylic acids is 2. The van der Waals surface area contributed by atoms with E-state index in [0.29, 0.717) is 47.2 Å². The van der Waals surface area contributed by atoms with Crippen LogP contribution in [-0.2, 0) is 19.1 Å². The van der Waals surface area contributed by atoms with Crippen molar-refractivity contribution in [1.82, 2.24) is 0 Å². The molecule has 1 saturated heterocycles. The number of ether oxygens (including phenoxy) is 2. The van der Waals surface area contributed by atoms with E-state index in [1.807, 2.05) is 24.3 Å². The maximum absolute atomic E-state index is 12.8. The second-order valence-corrected chi connectivity index (χ2v) is 9.17. The average Bonchev–Trinajstić information content (AvgIpc) is 3.44. The minimum Gasteiger partial charge on any atom is -0.461 e. The summed E-state index contributed by atoms with van der Waals surface area (Å²) in [4.78, 5) is 25.6. The summed E-state index contributed by atoms with van der Waals surface area (Å²) in [6, 6.07) is 14.1. The Hall–Kier alpha value is -3.10. The van der Waals surface area contributed by atoms with Crippen LogP contribution in [0, 0.1) is 0 Å². The highest BCUT2D eigenvalue weighted by atomic mass is 35.5. The number of hydrazone groups is 2. The van der Waals surface area contributed by atoms with E-state index in [9.17, 15) is 9.59 Å². The standard InChI is InChI=1S/C24H22Cl2N4O4/c25-15-1-5-17(6-2-15)29-19-9-11-33-24(32)22-14-20(10-12-34-23(31)21(13-19)27-29)30(28-22)18-7-3-16(26)4-8-18/h1-8,19-20H,9-14H2. The van der Waals surface area contributed by atoms with E-state index in [0.717, 1.165) is 11.4 Å². The van der Waals surface area contributed by atoms with E-state index >= 15 is 0 Å². The molecule has 8 nitrogen and oxygen atoms in total. The predicted octanol–water partition coefficient (Wildman–Crippen LogP) is 4.44. The van der Waals surface area contributed by atoms with Gasteiger partial charge in [-0.05, 0) is 48.5 Å². The summed E-state index contributed by atoms with van der Waals surface area (Å²) in [5.41, 5.74) is 2.30. The zero-order valence-electron chi connectivity index (χ0n) is 18.2. The average molecular weight is 501 g/mol. The molecule has 1 fully saturated rings. The van der Waals surface area contributed by atoms with E-state index in [4.69, 9.17) is 32.7 Å². The van der Waals surface area contributed by atoms with Crippen molar-refractivity contribution in [3.8, 4) is 0 Å². The molecule has 3 heterocycles. The van der Waals surface area contributed by atoms with Crippen molar-refractivity contribution in [2.45, 2.75) is 37.8 Å². The van der Waals surface area contributed by atoms with Gasteiger partial charge in [0.2, 0.25) is 0 Å². The van der Waals surface area contributed by atoms with Crippen LogP contribution in [0.25, 0.3) is 0 Å². The van der Waals surface area contributed by atoms with Gasteiger partial charge in [0.25, 0.3) is 0 Å². The van der Waals surface area contributed by atoms with Gasteiger partial charge in [-0.25, -0.2) is 9.59 Å². The van der Waals surface area contributed by atoms with Crippen molar-refractivity contribution in [1.29, 1.82) is 0 Å². The van der Waals surface area contributed by atoms with Crippen LogP contribution in [0.2, 0.25) is 10.0 Å². The maximum Gasteiger partial charge on any atom is 0.354 e. The second-order valence-electron chi connectivity index (χ2n) is 8.30. The van der Waals surface area contributed by atoms with Crippen LogP contribution in [0.5, 0.6) is 0 Å². The quantitative estimate of drug-likeness (QED) is 0.566. The molecule has 4 bridgehead atoms. The fourth-order valence-corrected chi connectivity index (χ4v) is 4.54. The summed E-state index contributed by atoms with van der Waals surface area (Å²) in [5.74, 6) is -0.875. The molecular weight excluding hydrogens is 479 g/mol. The molecule has 0 spiro atoms. The molecule has 3 aliphatic heterocycles. The van der Waals surface area contributed by atoms with Gasteiger partial charge >= 0.3 is 11.9 Å². The Labute approximate surface area is 206 Å². The normalized spacial score (nSPS) is 23.1. The molecule has 2 atom stereocenters. The first-order valence-electron chi connectivity index (χ1n) is 11.1. The molecule has 0 radical (unpaired) electrons. The molecule has 0 aliphatic carbocycles. The molecule has 2 unspecified atom stereocenters. The smallest absolute Gasteiger partial charge is 0.354 e. The van der Waals surface area contributed by atoms with Crippen molar-refractivity contribution in [2.75, 3.05) is 23.2 Å². The highest BCUT2D eigenvalue weighted by Gasteiger charge is 2.35. The fourth-order valence-electron chi connectivity index (χ4n) is 4.29. The largest absolute Gasteiger partial charge is 0.461 e. The third-order valence-electron chi connectivity index (χ3n) is 6.03. The van der Waals surface area contributed by atoms with Crippen LogP contribution in [-0.4, -0.2) is 48.7 Å².